The van der Waals surface area contributed by atoms with E-state index in [9.17, 15) is 27.6 Å². The summed E-state index contributed by atoms with van der Waals surface area (Å²) < 4.78 is 48.7. The van der Waals surface area contributed by atoms with Gasteiger partial charge in [0.15, 0.2) is 5.78 Å². The molecular weight excluding hydrogens is 688 g/mol. The molecule has 284 valence electrons. The first-order chi connectivity index (χ1) is 24.6. The number of ether oxygens (including phenoxy) is 4. The van der Waals surface area contributed by atoms with E-state index in [1.807, 2.05) is 0 Å². The third kappa shape index (κ3) is 21.1. The van der Waals surface area contributed by atoms with Gasteiger partial charge in [-0.3, -0.25) is 14.4 Å². The molecule has 0 saturated carbocycles. The molecule has 0 unspecified atom stereocenters. The normalized spacial score (nSPS) is 11.3. The Morgan fingerprint density at radius 3 is 1.88 bits per heavy atom. The number of hydrogen-bond donors (Lipinski definition) is 4. The number of carboxylic acid groups (broad SMARTS) is 2. The first kappa shape index (κ1) is 43.1. The number of sulfonamides is 1. The second-order valence-electron chi connectivity index (χ2n) is 11.5. The van der Waals surface area contributed by atoms with Gasteiger partial charge in [-0.05, 0) is 43.4 Å². The smallest absolute Gasteiger partial charge is 0.329 e. The Morgan fingerprint density at radius 2 is 1.24 bits per heavy atom. The number of nitrogens with one attached hydrogen (secondary N) is 2. The van der Waals surface area contributed by atoms with Gasteiger partial charge in [-0.2, -0.15) is 0 Å². The van der Waals surface area contributed by atoms with Crippen LogP contribution in [-0.2, 0) is 49.8 Å². The molecule has 17 heteroatoms. The number of Topliss-reactive ketones (excluding diaryl/α,β-unsaturated/α-hetero) is 1. The van der Waals surface area contributed by atoms with Gasteiger partial charge in [0.2, 0.25) is 5.95 Å². The molecule has 0 bridgehead atoms. The summed E-state index contributed by atoms with van der Waals surface area (Å²) in [6.07, 6.45) is 11.2. The van der Waals surface area contributed by atoms with Gasteiger partial charge in [0.05, 0.1) is 43.5 Å². The number of aliphatic carboxylic acids is 2. The van der Waals surface area contributed by atoms with Gasteiger partial charge in [0.25, 0.3) is 15.9 Å². The number of rotatable bonds is 31. The molecule has 0 fully saturated rings. The molecule has 1 amide bonds. The monoisotopic (exact) mass is 738 g/mol. The van der Waals surface area contributed by atoms with Crippen LogP contribution in [0.3, 0.4) is 0 Å². The third-order valence-electron chi connectivity index (χ3n) is 7.24. The Hall–Kier alpha value is -4.03. The molecule has 0 spiro atoms. The fourth-order valence-corrected chi connectivity index (χ4v) is 5.53. The maximum absolute atomic E-state index is 12.8. The lowest BCUT2D eigenvalue weighted by Crippen LogP contribution is -2.28. The highest BCUT2D eigenvalue weighted by Gasteiger charge is 2.16. The summed E-state index contributed by atoms with van der Waals surface area (Å²) in [6, 6.07) is 6.62. The molecule has 0 aliphatic carbocycles. The number of carboxylic acids is 2. The molecule has 2 rings (SSSR count). The largest absolute Gasteiger partial charge is 0.481 e. The highest BCUT2D eigenvalue weighted by molar-refractivity contribution is 7.92. The van der Waals surface area contributed by atoms with Crippen LogP contribution in [0.1, 0.15) is 80.1 Å². The van der Waals surface area contributed by atoms with Gasteiger partial charge in [0.1, 0.15) is 13.2 Å². The number of aryl methyl sites for hydroxylation is 1. The average Bonchev–Trinajstić information content (AvgIpc) is 3.09. The fraction of sp³-hybridized carbons (Fsp3) is 0.588. The molecule has 0 saturated heterocycles. The van der Waals surface area contributed by atoms with E-state index in [-0.39, 0.29) is 87.8 Å². The molecule has 0 aliphatic heterocycles. The lowest BCUT2D eigenvalue weighted by molar-refractivity contribution is -0.142. The van der Waals surface area contributed by atoms with Crippen molar-refractivity contribution in [2.75, 3.05) is 64.1 Å². The second-order valence-corrected chi connectivity index (χ2v) is 13.2. The number of nitrogens with zero attached hydrogens (tertiary/aromatic N) is 2. The number of benzene rings is 1. The Bertz CT molecular complexity index is 1420. The number of unbranched alkanes of at least 4 members (excludes halogenated alkanes) is 6. The van der Waals surface area contributed by atoms with Crippen molar-refractivity contribution in [3.05, 3.63) is 47.8 Å². The van der Waals surface area contributed by atoms with E-state index in [2.05, 4.69) is 20.0 Å². The van der Waals surface area contributed by atoms with Crippen LogP contribution in [0.5, 0.6) is 0 Å². The van der Waals surface area contributed by atoms with Crippen LogP contribution >= 0.6 is 0 Å². The van der Waals surface area contributed by atoms with E-state index in [0.717, 1.165) is 56.9 Å². The highest BCUT2D eigenvalue weighted by Crippen LogP contribution is 2.16. The summed E-state index contributed by atoms with van der Waals surface area (Å²) in [5.41, 5.74) is 1.17. The number of anilines is 1. The second kappa shape index (κ2) is 25.8. The standard InChI is InChI=1S/C34H50N4O12S/c39-29(10-8-17-47-19-22-50-26-32(42)43)25-49-21-20-48-18-16-35-33(44)28-23-36-34(37-24-28)38-51(45,46)30-14-12-27(13-15-30)9-6-4-2-1-3-5-7-11-31(40)41/h12-15,23-24H,1-11,16-22,25-26H2,(H,35,44)(H,40,41)(H,42,43)(H,36,37,38). The number of aromatic nitrogens is 2. The van der Waals surface area contributed by atoms with Gasteiger partial charge in [-0.25, -0.2) is 27.9 Å². The van der Waals surface area contributed by atoms with Gasteiger partial charge in [-0.15, -0.1) is 0 Å². The van der Waals surface area contributed by atoms with E-state index >= 15 is 0 Å². The van der Waals surface area contributed by atoms with E-state index in [4.69, 9.17) is 29.2 Å². The lowest BCUT2D eigenvalue weighted by Gasteiger charge is -2.09. The number of carbonyl (C=O) groups excluding carboxylic acids is 2. The summed E-state index contributed by atoms with van der Waals surface area (Å²) in [4.78, 5) is 53.1. The van der Waals surface area contributed by atoms with E-state index in [1.165, 1.54) is 24.5 Å². The fourth-order valence-electron chi connectivity index (χ4n) is 4.57. The first-order valence-corrected chi connectivity index (χ1v) is 18.5. The molecule has 51 heavy (non-hydrogen) atoms. The molecule has 16 nitrogen and oxygen atoms in total. The summed E-state index contributed by atoms with van der Waals surface area (Å²) in [5.74, 6) is -2.51. The quantitative estimate of drug-likeness (QED) is 0.0814. The number of hydrogen-bond acceptors (Lipinski definition) is 12. The molecule has 4 N–H and O–H groups in total. The van der Waals surface area contributed by atoms with Gasteiger partial charge in [0, 0.05) is 38.4 Å². The van der Waals surface area contributed by atoms with Crippen molar-refractivity contribution in [2.24, 2.45) is 0 Å². The zero-order chi connectivity index (χ0) is 37.2. The number of amides is 1. The Balaban J connectivity index is 1.54. The van der Waals surface area contributed by atoms with Crippen LogP contribution in [0.4, 0.5) is 5.95 Å². The first-order valence-electron chi connectivity index (χ1n) is 17.0. The van der Waals surface area contributed by atoms with Crippen molar-refractivity contribution in [2.45, 2.75) is 75.5 Å². The summed E-state index contributed by atoms with van der Waals surface area (Å²) in [6.45, 7) is 1.17. The molecule has 0 atom stereocenters. The summed E-state index contributed by atoms with van der Waals surface area (Å²) in [5, 5.41) is 19.8. The molecule has 0 radical (unpaired) electrons. The van der Waals surface area contributed by atoms with E-state index in [1.54, 1.807) is 12.1 Å². The predicted octanol–water partition coefficient (Wildman–Crippen LogP) is 3.26. The van der Waals surface area contributed by atoms with E-state index in [0.29, 0.717) is 13.0 Å². The molecule has 1 aromatic carbocycles. The topological polar surface area (TPSA) is 230 Å². The van der Waals surface area contributed by atoms with Crippen LogP contribution in [0, 0.1) is 0 Å². The Kier molecular flexibility index (Phi) is 21.9. The average molecular weight is 739 g/mol. The minimum absolute atomic E-state index is 0.0527. The lowest BCUT2D eigenvalue weighted by atomic mass is 10.0. The predicted molar refractivity (Wildman–Crippen MR) is 185 cm³/mol. The van der Waals surface area contributed by atoms with Gasteiger partial charge < -0.3 is 34.5 Å². The van der Waals surface area contributed by atoms with Crippen molar-refractivity contribution < 1.29 is 56.8 Å². The van der Waals surface area contributed by atoms with Crippen molar-refractivity contribution in [1.29, 1.82) is 0 Å². The van der Waals surface area contributed by atoms with E-state index < -0.39 is 27.9 Å². The minimum atomic E-state index is -3.93. The number of ketones is 1. The van der Waals surface area contributed by atoms with Crippen molar-refractivity contribution >= 4 is 39.6 Å². The summed E-state index contributed by atoms with van der Waals surface area (Å²) >= 11 is 0. The molecule has 1 aromatic heterocycles. The van der Waals surface area contributed by atoms with Crippen molar-refractivity contribution in [3.63, 3.8) is 0 Å². The van der Waals surface area contributed by atoms with Crippen LogP contribution in [0.2, 0.25) is 0 Å². The molecular formula is C34H50N4O12S. The van der Waals surface area contributed by atoms with Crippen LogP contribution in [-0.4, -0.2) is 112 Å². The maximum Gasteiger partial charge on any atom is 0.329 e. The maximum atomic E-state index is 12.8. The molecule has 0 aliphatic rings. The molecule has 1 heterocycles. The summed E-state index contributed by atoms with van der Waals surface area (Å²) in [7, 11) is -3.93. The third-order valence-corrected chi connectivity index (χ3v) is 8.58. The Morgan fingerprint density at radius 1 is 0.647 bits per heavy atom. The van der Waals surface area contributed by atoms with Crippen molar-refractivity contribution in [1.82, 2.24) is 15.3 Å². The van der Waals surface area contributed by atoms with Crippen LogP contribution in [0.25, 0.3) is 0 Å². The minimum Gasteiger partial charge on any atom is -0.481 e. The zero-order valence-corrected chi connectivity index (χ0v) is 29.7. The van der Waals surface area contributed by atoms with Crippen molar-refractivity contribution in [3.8, 4) is 0 Å². The van der Waals surface area contributed by atoms with Gasteiger partial charge >= 0.3 is 11.9 Å². The number of carbonyl (C=O) groups is 4. The highest BCUT2D eigenvalue weighted by atomic mass is 32.2. The van der Waals surface area contributed by atoms with Gasteiger partial charge in [-0.1, -0.05) is 44.2 Å². The zero-order valence-electron chi connectivity index (χ0n) is 28.9. The van der Waals surface area contributed by atoms with Crippen LogP contribution in [0.15, 0.2) is 41.6 Å². The Labute approximate surface area is 298 Å². The molecule has 2 aromatic rings. The van der Waals surface area contributed by atoms with Crippen LogP contribution < -0.4 is 10.0 Å². The SMILES string of the molecule is O=C(O)CCCCCCCCCc1ccc(S(=O)(=O)Nc2ncc(C(=O)NCCOCCOCC(=O)CCCOCCOCC(=O)O)cn2)cc1.